The first kappa shape index (κ1) is 17.0. The Bertz CT molecular complexity index is 840. The van der Waals surface area contributed by atoms with E-state index in [4.69, 9.17) is 9.47 Å². The summed E-state index contributed by atoms with van der Waals surface area (Å²) in [4.78, 5) is 14.9. The van der Waals surface area contributed by atoms with Crippen molar-refractivity contribution in [2.75, 3.05) is 20.8 Å². The topological polar surface area (TPSA) is 71.0 Å². The number of methoxy groups -OCH3 is 2. The van der Waals surface area contributed by atoms with Gasteiger partial charge in [-0.3, -0.25) is 15.5 Å². The summed E-state index contributed by atoms with van der Waals surface area (Å²) in [6.07, 6.45) is 3.14. The molecule has 0 radical (unpaired) electrons. The Kier molecular flexibility index (Phi) is 4.15. The van der Waals surface area contributed by atoms with E-state index in [0.717, 1.165) is 48.4 Å². The summed E-state index contributed by atoms with van der Waals surface area (Å²) >= 11 is 0. The van der Waals surface area contributed by atoms with Gasteiger partial charge in [0, 0.05) is 18.7 Å². The largest absolute Gasteiger partial charge is 0.493 e. The normalized spacial score (nSPS) is 21.9. The molecule has 1 aromatic rings. The minimum absolute atomic E-state index is 0.0159. The second kappa shape index (κ2) is 6.36. The Labute approximate surface area is 153 Å². The number of allylic oxidation sites excluding steroid dienone is 2. The number of carbonyl (C=O) groups is 1. The predicted molar refractivity (Wildman–Crippen MR) is 96.2 cm³/mol. The molecule has 0 saturated carbocycles. The Morgan fingerprint density at radius 1 is 1.15 bits per heavy atom. The van der Waals surface area contributed by atoms with Crippen molar-refractivity contribution >= 4 is 5.78 Å². The van der Waals surface area contributed by atoms with Gasteiger partial charge in [0.1, 0.15) is 0 Å². The van der Waals surface area contributed by atoms with Gasteiger partial charge < -0.3 is 14.4 Å². The zero-order chi connectivity index (χ0) is 18.4. The smallest absolute Gasteiger partial charge is 0.166 e. The first-order valence-corrected chi connectivity index (χ1v) is 8.99. The van der Waals surface area contributed by atoms with E-state index in [1.807, 2.05) is 19.1 Å². The van der Waals surface area contributed by atoms with Crippen LogP contribution in [0.15, 0.2) is 34.7 Å². The van der Waals surface area contributed by atoms with E-state index in [1.54, 1.807) is 14.2 Å². The highest BCUT2D eigenvalue weighted by Crippen LogP contribution is 2.48. The maximum Gasteiger partial charge on any atom is 0.166 e. The molecule has 26 heavy (non-hydrogen) atoms. The zero-order valence-electron chi connectivity index (χ0n) is 15.4. The van der Waals surface area contributed by atoms with Crippen LogP contribution in [0.3, 0.4) is 0 Å². The highest BCUT2D eigenvalue weighted by atomic mass is 16.5. The Balaban J connectivity index is 1.90. The number of fused-ring (bicyclic) bond motifs is 4. The van der Waals surface area contributed by atoms with Gasteiger partial charge in [-0.25, -0.2) is 0 Å². The number of ether oxygens (including phenoxy) is 2. The highest BCUT2D eigenvalue weighted by Gasteiger charge is 2.40. The van der Waals surface area contributed by atoms with Gasteiger partial charge in [0.15, 0.2) is 17.3 Å². The molecule has 2 N–H and O–H groups in total. The quantitative estimate of drug-likeness (QED) is 0.812. The summed E-state index contributed by atoms with van der Waals surface area (Å²) < 4.78 is 11.0. The van der Waals surface area contributed by atoms with E-state index >= 15 is 0 Å². The van der Waals surface area contributed by atoms with Gasteiger partial charge in [-0.05, 0) is 55.0 Å². The molecule has 138 valence electrons. The van der Waals surface area contributed by atoms with Crippen LogP contribution in [-0.2, 0) is 11.2 Å². The summed E-state index contributed by atoms with van der Waals surface area (Å²) in [6, 6.07) is 4.05. The number of ketones is 1. The van der Waals surface area contributed by atoms with Gasteiger partial charge in [0.25, 0.3) is 0 Å². The first-order valence-electron chi connectivity index (χ1n) is 8.99. The SMILES string of the molecule is COc1cc2c(cc1OC)[C@H]1C(C)=C(NO)C3=C(CCCC3=O)N1CC2. The molecule has 2 heterocycles. The average molecular weight is 356 g/mol. The van der Waals surface area contributed by atoms with Gasteiger partial charge in [0.05, 0.1) is 31.5 Å². The molecule has 6 heteroatoms. The molecule has 1 aromatic carbocycles. The van der Waals surface area contributed by atoms with E-state index in [0.29, 0.717) is 23.4 Å². The van der Waals surface area contributed by atoms with E-state index in [-0.39, 0.29) is 11.8 Å². The van der Waals surface area contributed by atoms with Gasteiger partial charge >= 0.3 is 0 Å². The summed E-state index contributed by atoms with van der Waals surface area (Å²) in [6.45, 7) is 2.82. The van der Waals surface area contributed by atoms with Gasteiger partial charge in [-0.1, -0.05) is 0 Å². The minimum atomic E-state index is -0.0159. The van der Waals surface area contributed by atoms with Gasteiger partial charge in [-0.15, -0.1) is 0 Å². The van der Waals surface area contributed by atoms with Crippen molar-refractivity contribution in [1.82, 2.24) is 10.4 Å². The average Bonchev–Trinajstić information content (AvgIpc) is 2.67. The molecule has 6 nitrogen and oxygen atoms in total. The van der Waals surface area contributed by atoms with Crippen LogP contribution in [0, 0.1) is 0 Å². The fourth-order valence-electron chi connectivity index (χ4n) is 4.58. The van der Waals surface area contributed by atoms with E-state index in [9.17, 15) is 10.0 Å². The van der Waals surface area contributed by atoms with Gasteiger partial charge in [-0.2, -0.15) is 0 Å². The third-order valence-electron chi connectivity index (χ3n) is 5.77. The fourth-order valence-corrected chi connectivity index (χ4v) is 4.58. The molecule has 4 rings (SSSR count). The highest BCUT2D eigenvalue weighted by molar-refractivity contribution is 6.01. The molecule has 1 atom stereocenters. The summed E-state index contributed by atoms with van der Waals surface area (Å²) in [7, 11) is 3.28. The van der Waals surface area contributed by atoms with Crippen LogP contribution in [0.2, 0.25) is 0 Å². The number of nitrogens with zero attached hydrogens (tertiary/aromatic N) is 1. The number of benzene rings is 1. The molecule has 0 saturated heterocycles. The molecule has 0 unspecified atom stereocenters. The lowest BCUT2D eigenvalue weighted by Crippen LogP contribution is -2.42. The number of carbonyl (C=O) groups excluding carboxylic acids is 1. The minimum Gasteiger partial charge on any atom is -0.493 e. The van der Waals surface area contributed by atoms with Crippen LogP contribution in [-0.4, -0.2) is 36.7 Å². The second-order valence-corrected chi connectivity index (χ2v) is 7.02. The van der Waals surface area contributed by atoms with Crippen LogP contribution in [0.1, 0.15) is 43.4 Å². The van der Waals surface area contributed by atoms with Crippen molar-refractivity contribution in [2.45, 2.75) is 38.6 Å². The van der Waals surface area contributed by atoms with Crippen LogP contribution < -0.4 is 15.0 Å². The summed E-state index contributed by atoms with van der Waals surface area (Å²) in [5, 5.41) is 9.78. The molecular weight excluding hydrogens is 332 g/mol. The first-order chi connectivity index (χ1) is 12.6. The Morgan fingerprint density at radius 2 is 1.88 bits per heavy atom. The number of Topliss-reactive ketones (excluding diaryl/α,β-unsaturated/α-hetero) is 1. The number of hydroxylamine groups is 1. The second-order valence-electron chi connectivity index (χ2n) is 7.02. The van der Waals surface area contributed by atoms with Crippen LogP contribution >= 0.6 is 0 Å². The van der Waals surface area contributed by atoms with Crippen molar-refractivity contribution in [3.63, 3.8) is 0 Å². The molecule has 0 aromatic heterocycles. The Hall–Kier alpha value is -2.47. The zero-order valence-corrected chi connectivity index (χ0v) is 15.4. The summed E-state index contributed by atoms with van der Waals surface area (Å²) in [5.74, 6) is 1.53. The lowest BCUT2D eigenvalue weighted by atomic mass is 9.79. The standard InChI is InChI=1S/C20H24N2O4/c1-11-19(21-24)18-14(5-4-6-15(18)23)22-8-7-12-9-16(25-2)17(26-3)10-13(12)20(11)22/h9-10,20-21,24H,4-8H2,1-3H3/t20-/m1/s1. The number of rotatable bonds is 3. The van der Waals surface area contributed by atoms with Crippen LogP contribution in [0.25, 0.3) is 0 Å². The fraction of sp³-hybridized carbons (Fsp3) is 0.450. The van der Waals surface area contributed by atoms with Crippen molar-refractivity contribution in [2.24, 2.45) is 0 Å². The maximum absolute atomic E-state index is 12.5. The molecular formula is C20H24N2O4. The molecule has 3 aliphatic rings. The third kappa shape index (κ3) is 2.32. The molecule has 0 fully saturated rings. The van der Waals surface area contributed by atoms with E-state index in [1.165, 1.54) is 5.56 Å². The van der Waals surface area contributed by atoms with Crippen molar-refractivity contribution in [1.29, 1.82) is 0 Å². The molecule has 2 aliphatic heterocycles. The maximum atomic E-state index is 12.5. The third-order valence-corrected chi connectivity index (χ3v) is 5.77. The predicted octanol–water partition coefficient (Wildman–Crippen LogP) is 2.88. The molecule has 0 spiro atoms. The van der Waals surface area contributed by atoms with Crippen LogP contribution in [0.5, 0.6) is 11.5 Å². The van der Waals surface area contributed by atoms with E-state index in [2.05, 4.69) is 10.4 Å². The number of hydrogen-bond donors (Lipinski definition) is 2. The van der Waals surface area contributed by atoms with Gasteiger partial charge in [0.2, 0.25) is 0 Å². The Morgan fingerprint density at radius 3 is 2.58 bits per heavy atom. The van der Waals surface area contributed by atoms with E-state index < -0.39 is 0 Å². The lowest BCUT2D eigenvalue weighted by molar-refractivity contribution is -0.116. The molecule has 0 bridgehead atoms. The van der Waals surface area contributed by atoms with Crippen molar-refractivity contribution < 1.29 is 19.5 Å². The van der Waals surface area contributed by atoms with Crippen LogP contribution in [0.4, 0.5) is 0 Å². The summed E-state index contributed by atoms with van der Waals surface area (Å²) in [5.41, 5.74) is 7.90. The monoisotopic (exact) mass is 356 g/mol. The number of nitrogens with one attached hydrogen (secondary N) is 1. The van der Waals surface area contributed by atoms with Crippen molar-refractivity contribution in [3.05, 3.63) is 45.8 Å². The molecule has 1 aliphatic carbocycles. The lowest BCUT2D eigenvalue weighted by Gasteiger charge is -2.46. The van der Waals surface area contributed by atoms with Crippen molar-refractivity contribution in [3.8, 4) is 11.5 Å². The number of hydrogen-bond acceptors (Lipinski definition) is 6. The molecule has 0 amide bonds.